The van der Waals surface area contributed by atoms with Gasteiger partial charge in [-0.15, -0.1) is 0 Å². The number of aliphatic carboxylic acids is 1. The van der Waals surface area contributed by atoms with E-state index in [-0.39, 0.29) is 31.3 Å². The summed E-state index contributed by atoms with van der Waals surface area (Å²) in [5, 5.41) is 12.9. The summed E-state index contributed by atoms with van der Waals surface area (Å²) in [6.45, 7) is 0.161. The number of rotatable bonds is 7. The molecule has 1 saturated carbocycles. The summed E-state index contributed by atoms with van der Waals surface area (Å²) < 4.78 is 5.59. The highest BCUT2D eigenvalue weighted by atomic mass is 16.5. The second-order valence-electron chi connectivity index (χ2n) is 8.97. The van der Waals surface area contributed by atoms with Crippen molar-refractivity contribution in [1.29, 1.82) is 0 Å². The van der Waals surface area contributed by atoms with Crippen LogP contribution in [0.25, 0.3) is 11.1 Å². The fraction of sp³-hybridized carbons (Fsp3) is 0.360. The number of carbonyl (C=O) groups is 4. The van der Waals surface area contributed by atoms with Crippen molar-refractivity contribution in [1.82, 2.24) is 15.8 Å². The lowest BCUT2D eigenvalue weighted by atomic mass is 9.98. The van der Waals surface area contributed by atoms with Gasteiger partial charge in [-0.1, -0.05) is 48.5 Å². The van der Waals surface area contributed by atoms with Gasteiger partial charge in [0.1, 0.15) is 6.61 Å². The Balaban J connectivity index is 1.22. The van der Waals surface area contributed by atoms with E-state index in [0.717, 1.165) is 40.1 Å². The number of carboxylic acid groups (broad SMARTS) is 1. The zero-order valence-electron chi connectivity index (χ0n) is 18.4. The molecule has 2 unspecified atom stereocenters. The summed E-state index contributed by atoms with van der Waals surface area (Å²) in [4.78, 5) is 48.4. The number of hydrazine groups is 1. The lowest BCUT2D eigenvalue weighted by molar-refractivity contribution is -0.150. The van der Waals surface area contributed by atoms with Crippen molar-refractivity contribution in [3.63, 3.8) is 0 Å². The molecule has 1 heterocycles. The van der Waals surface area contributed by atoms with Gasteiger partial charge in [-0.2, -0.15) is 0 Å². The number of ether oxygens (including phenoxy) is 1. The predicted molar refractivity (Wildman–Crippen MR) is 120 cm³/mol. The Bertz CT molecular complexity index is 1120. The lowest BCUT2D eigenvalue weighted by Crippen LogP contribution is -2.49. The van der Waals surface area contributed by atoms with Gasteiger partial charge in [-0.05, 0) is 41.0 Å². The molecule has 176 valence electrons. The van der Waals surface area contributed by atoms with Crippen molar-refractivity contribution in [2.45, 2.75) is 43.7 Å². The molecule has 0 aromatic heterocycles. The van der Waals surface area contributed by atoms with Crippen LogP contribution < -0.4 is 10.7 Å². The van der Waals surface area contributed by atoms with Crippen molar-refractivity contribution in [2.75, 3.05) is 6.61 Å². The number of benzene rings is 2. The number of alkyl carbamates (subject to hydrolysis) is 1. The van der Waals surface area contributed by atoms with Gasteiger partial charge in [-0.25, -0.2) is 14.6 Å². The molecule has 2 atom stereocenters. The smallest absolute Gasteiger partial charge is 0.407 e. The van der Waals surface area contributed by atoms with Crippen molar-refractivity contribution < 1.29 is 29.0 Å². The highest BCUT2D eigenvalue weighted by molar-refractivity contribution is 5.94. The summed E-state index contributed by atoms with van der Waals surface area (Å²) in [6.07, 6.45) is 0.701. The standard InChI is InChI=1S/C25H25N3O6/c29-22-12-21(24(31)32)28(27-22)23(30)11-20(14-9-10-14)26-25(33)34-13-19-17-7-3-1-5-15(17)16-6-2-4-8-18(16)19/h1-8,14,19-21H,9-13H2,(H,26,33)(H,27,29)(H,31,32). The van der Waals surface area contributed by atoms with Gasteiger partial charge >= 0.3 is 12.1 Å². The third kappa shape index (κ3) is 4.21. The zero-order valence-corrected chi connectivity index (χ0v) is 18.4. The largest absolute Gasteiger partial charge is 0.480 e. The van der Waals surface area contributed by atoms with E-state index in [9.17, 15) is 24.3 Å². The van der Waals surface area contributed by atoms with Gasteiger partial charge in [0.25, 0.3) is 0 Å². The number of carboxylic acids is 1. The van der Waals surface area contributed by atoms with Crippen LogP contribution in [-0.2, 0) is 19.1 Å². The monoisotopic (exact) mass is 463 g/mol. The maximum Gasteiger partial charge on any atom is 0.407 e. The van der Waals surface area contributed by atoms with Gasteiger partial charge in [0.2, 0.25) is 11.8 Å². The fourth-order valence-electron chi connectivity index (χ4n) is 4.87. The molecule has 1 aliphatic heterocycles. The molecule has 2 aromatic rings. The first-order valence-electron chi connectivity index (χ1n) is 11.4. The van der Waals surface area contributed by atoms with Crippen LogP contribution in [0.4, 0.5) is 4.79 Å². The van der Waals surface area contributed by atoms with E-state index in [1.54, 1.807) is 0 Å². The van der Waals surface area contributed by atoms with Crippen LogP contribution in [0.3, 0.4) is 0 Å². The molecular formula is C25H25N3O6. The van der Waals surface area contributed by atoms with Gasteiger partial charge in [-0.3, -0.25) is 15.0 Å². The second kappa shape index (κ2) is 8.81. The molecule has 0 spiro atoms. The predicted octanol–water partition coefficient (Wildman–Crippen LogP) is 2.41. The van der Waals surface area contributed by atoms with Gasteiger partial charge in [0, 0.05) is 18.4 Å². The molecular weight excluding hydrogens is 438 g/mol. The molecule has 3 amide bonds. The van der Waals surface area contributed by atoms with E-state index in [0.29, 0.717) is 0 Å². The highest BCUT2D eigenvalue weighted by Crippen LogP contribution is 2.44. The lowest BCUT2D eigenvalue weighted by Gasteiger charge is -2.24. The number of amides is 3. The van der Waals surface area contributed by atoms with Gasteiger partial charge in [0.05, 0.1) is 6.42 Å². The van der Waals surface area contributed by atoms with Crippen LogP contribution in [0.2, 0.25) is 0 Å². The summed E-state index contributed by atoms with van der Waals surface area (Å²) >= 11 is 0. The van der Waals surface area contributed by atoms with E-state index < -0.39 is 36.0 Å². The van der Waals surface area contributed by atoms with Gasteiger partial charge < -0.3 is 15.2 Å². The first kappa shape index (κ1) is 21.9. The maximum absolute atomic E-state index is 12.7. The van der Waals surface area contributed by atoms with Gasteiger partial charge in [0.15, 0.2) is 6.04 Å². The molecule has 3 aliphatic rings. The Labute approximate surface area is 196 Å². The zero-order chi connectivity index (χ0) is 23.8. The van der Waals surface area contributed by atoms with Crippen LogP contribution in [0.1, 0.15) is 42.7 Å². The quantitative estimate of drug-likeness (QED) is 0.579. The van der Waals surface area contributed by atoms with E-state index in [2.05, 4.69) is 22.9 Å². The first-order chi connectivity index (χ1) is 16.4. The van der Waals surface area contributed by atoms with E-state index >= 15 is 0 Å². The van der Waals surface area contributed by atoms with Crippen molar-refractivity contribution >= 4 is 23.9 Å². The number of nitrogens with one attached hydrogen (secondary N) is 2. The minimum atomic E-state index is -1.25. The number of hydrogen-bond donors (Lipinski definition) is 3. The Hall–Kier alpha value is -3.88. The SMILES string of the molecule is O=C1CC(C(=O)O)N(C(=O)CC(NC(=O)OCC2c3ccccc3-c3ccccc32)C2CC2)N1. The molecule has 34 heavy (non-hydrogen) atoms. The summed E-state index contributed by atoms with van der Waals surface area (Å²) in [5.41, 5.74) is 6.78. The molecule has 1 saturated heterocycles. The van der Waals surface area contributed by atoms with Crippen molar-refractivity contribution in [3.8, 4) is 11.1 Å². The highest BCUT2D eigenvalue weighted by Gasteiger charge is 2.42. The van der Waals surface area contributed by atoms with E-state index in [4.69, 9.17) is 4.74 Å². The van der Waals surface area contributed by atoms with Crippen molar-refractivity contribution in [2.24, 2.45) is 5.92 Å². The van der Waals surface area contributed by atoms with Crippen molar-refractivity contribution in [3.05, 3.63) is 59.7 Å². The molecule has 9 nitrogen and oxygen atoms in total. The van der Waals surface area contributed by atoms with Crippen LogP contribution in [-0.4, -0.2) is 52.7 Å². The van der Waals surface area contributed by atoms with Crippen LogP contribution in [0.15, 0.2) is 48.5 Å². The topological polar surface area (TPSA) is 125 Å². The number of nitrogens with zero attached hydrogens (tertiary/aromatic N) is 1. The third-order valence-corrected chi connectivity index (χ3v) is 6.72. The normalized spacial score (nSPS) is 19.7. The molecule has 9 heteroatoms. The summed E-state index contributed by atoms with van der Waals surface area (Å²) in [5.74, 6) is -2.28. The second-order valence-corrected chi connectivity index (χ2v) is 8.97. The minimum Gasteiger partial charge on any atom is -0.480 e. The minimum absolute atomic E-state index is 0.0738. The summed E-state index contributed by atoms with van der Waals surface area (Å²) in [6, 6.07) is 14.4. The Morgan fingerprint density at radius 1 is 1.06 bits per heavy atom. The molecule has 2 fully saturated rings. The molecule has 0 radical (unpaired) electrons. The van der Waals surface area contributed by atoms with Crippen LogP contribution >= 0.6 is 0 Å². The number of carbonyl (C=O) groups excluding carboxylic acids is 3. The van der Waals surface area contributed by atoms with Crippen LogP contribution in [0, 0.1) is 5.92 Å². The van der Waals surface area contributed by atoms with Crippen LogP contribution in [0.5, 0.6) is 0 Å². The third-order valence-electron chi connectivity index (χ3n) is 6.72. The van der Waals surface area contributed by atoms with E-state index in [1.165, 1.54) is 0 Å². The molecule has 2 aromatic carbocycles. The Morgan fingerprint density at radius 3 is 2.26 bits per heavy atom. The van der Waals surface area contributed by atoms with E-state index in [1.807, 2.05) is 36.4 Å². The Kier molecular flexibility index (Phi) is 5.69. The Morgan fingerprint density at radius 2 is 1.68 bits per heavy atom. The average Bonchev–Trinajstić information content (AvgIpc) is 3.52. The first-order valence-corrected chi connectivity index (χ1v) is 11.4. The summed E-state index contributed by atoms with van der Waals surface area (Å²) in [7, 11) is 0. The maximum atomic E-state index is 12.7. The molecule has 2 aliphatic carbocycles. The molecule has 3 N–H and O–H groups in total. The number of hydrogen-bond acceptors (Lipinski definition) is 5. The average molecular weight is 463 g/mol. The fourth-order valence-corrected chi connectivity index (χ4v) is 4.87. The number of fused-ring (bicyclic) bond motifs is 3. The molecule has 0 bridgehead atoms. The molecule has 5 rings (SSSR count).